The first-order valence-electron chi connectivity index (χ1n) is 7.53. The van der Waals surface area contributed by atoms with Gasteiger partial charge in [-0.1, -0.05) is 0 Å². The Hall–Kier alpha value is -2.01. The Labute approximate surface area is 126 Å². The van der Waals surface area contributed by atoms with Gasteiger partial charge < -0.3 is 9.88 Å². The zero-order chi connectivity index (χ0) is 15.3. The number of halogens is 2. The van der Waals surface area contributed by atoms with Crippen LogP contribution in [-0.2, 0) is 6.54 Å². The quantitative estimate of drug-likeness (QED) is 0.878. The predicted molar refractivity (Wildman–Crippen MR) is 79.8 cm³/mol. The first-order chi connectivity index (χ1) is 10.6. The lowest BCUT2D eigenvalue weighted by Gasteiger charge is -2.37. The molecule has 0 saturated carbocycles. The lowest BCUT2D eigenvalue weighted by atomic mass is 9.84. The molecular weight excluding hydrogens is 286 g/mol. The van der Waals surface area contributed by atoms with Crippen molar-refractivity contribution in [2.24, 2.45) is 5.92 Å². The lowest BCUT2D eigenvalue weighted by molar-refractivity contribution is 0.257. The van der Waals surface area contributed by atoms with Gasteiger partial charge in [-0.05, 0) is 48.7 Å². The number of nitrogens with one attached hydrogen (secondary N) is 1. The third-order valence-electron chi connectivity index (χ3n) is 4.68. The summed E-state index contributed by atoms with van der Waals surface area (Å²) in [6, 6.07) is 6.84. The van der Waals surface area contributed by atoms with Gasteiger partial charge in [-0.3, -0.25) is 4.79 Å². The molecule has 22 heavy (non-hydrogen) atoms. The second-order valence-corrected chi connectivity index (χ2v) is 6.20. The van der Waals surface area contributed by atoms with Gasteiger partial charge in [0.2, 0.25) is 0 Å². The minimum atomic E-state index is -0.668. The normalized spacial score (nSPS) is 23.2. The Morgan fingerprint density at radius 1 is 1.09 bits per heavy atom. The molecule has 4 rings (SSSR count). The number of hydrogen-bond donors (Lipinski definition) is 1. The predicted octanol–water partition coefficient (Wildman–Crippen LogP) is 2.50. The topological polar surface area (TPSA) is 34.0 Å². The van der Waals surface area contributed by atoms with Crippen LogP contribution in [0.4, 0.5) is 8.78 Å². The second-order valence-electron chi connectivity index (χ2n) is 6.20. The molecule has 0 radical (unpaired) electrons. The van der Waals surface area contributed by atoms with Crippen LogP contribution >= 0.6 is 0 Å². The van der Waals surface area contributed by atoms with Crippen LogP contribution in [0.25, 0.3) is 11.1 Å². The van der Waals surface area contributed by atoms with E-state index in [-0.39, 0.29) is 5.56 Å². The van der Waals surface area contributed by atoms with Crippen LogP contribution in [0.5, 0.6) is 0 Å². The van der Waals surface area contributed by atoms with Crippen LogP contribution < -0.4 is 10.9 Å². The first-order valence-corrected chi connectivity index (χ1v) is 7.53. The molecule has 1 fully saturated rings. The van der Waals surface area contributed by atoms with E-state index in [1.54, 1.807) is 10.6 Å². The van der Waals surface area contributed by atoms with E-state index < -0.39 is 11.6 Å². The van der Waals surface area contributed by atoms with Crippen molar-refractivity contribution in [3.05, 3.63) is 58.0 Å². The van der Waals surface area contributed by atoms with Gasteiger partial charge in [-0.15, -0.1) is 0 Å². The summed E-state index contributed by atoms with van der Waals surface area (Å²) in [5, 5.41) is 3.39. The number of aromatic nitrogens is 1. The van der Waals surface area contributed by atoms with Crippen LogP contribution in [0.3, 0.4) is 0 Å². The van der Waals surface area contributed by atoms with Crippen LogP contribution in [0.1, 0.15) is 18.0 Å². The van der Waals surface area contributed by atoms with Crippen molar-refractivity contribution in [2.45, 2.75) is 18.9 Å². The van der Waals surface area contributed by atoms with Crippen LogP contribution in [0.15, 0.2) is 35.1 Å². The van der Waals surface area contributed by atoms with Crippen molar-refractivity contribution in [1.82, 2.24) is 9.88 Å². The van der Waals surface area contributed by atoms with Crippen molar-refractivity contribution < 1.29 is 8.78 Å². The number of nitrogens with zero attached hydrogens (tertiary/aromatic N) is 1. The third kappa shape index (κ3) is 2.16. The molecule has 1 saturated heterocycles. The summed E-state index contributed by atoms with van der Waals surface area (Å²) in [4.78, 5) is 12.8. The van der Waals surface area contributed by atoms with Gasteiger partial charge in [-0.2, -0.15) is 0 Å². The third-order valence-corrected chi connectivity index (χ3v) is 4.68. The van der Waals surface area contributed by atoms with Crippen molar-refractivity contribution in [2.75, 3.05) is 13.1 Å². The fraction of sp³-hybridized carbons (Fsp3) is 0.353. The summed E-state index contributed by atoms with van der Waals surface area (Å²) < 4.78 is 28.6. The van der Waals surface area contributed by atoms with Gasteiger partial charge in [-0.25, -0.2) is 8.78 Å². The number of hydrogen-bond acceptors (Lipinski definition) is 2. The Morgan fingerprint density at radius 3 is 2.64 bits per heavy atom. The Morgan fingerprint density at radius 2 is 1.86 bits per heavy atom. The number of fused-ring (bicyclic) bond motifs is 4. The first kappa shape index (κ1) is 13.6. The molecule has 0 spiro atoms. The average molecular weight is 302 g/mol. The van der Waals surface area contributed by atoms with E-state index in [1.807, 2.05) is 6.07 Å². The summed E-state index contributed by atoms with van der Waals surface area (Å²) >= 11 is 0. The van der Waals surface area contributed by atoms with Crippen LogP contribution in [-0.4, -0.2) is 17.7 Å². The lowest BCUT2D eigenvalue weighted by Crippen LogP contribution is -2.45. The highest BCUT2D eigenvalue weighted by Gasteiger charge is 2.31. The van der Waals surface area contributed by atoms with Gasteiger partial charge >= 0.3 is 0 Å². The smallest absolute Gasteiger partial charge is 0.258 e. The maximum absolute atomic E-state index is 13.4. The SMILES string of the molecule is O=c1c(-c2cc(F)cc(F)c2)ccc2n1CC1CNCC2C1. The molecule has 0 amide bonds. The van der Waals surface area contributed by atoms with E-state index in [0.717, 1.165) is 31.3 Å². The van der Waals surface area contributed by atoms with E-state index in [0.29, 0.717) is 29.5 Å². The van der Waals surface area contributed by atoms with Crippen molar-refractivity contribution in [1.29, 1.82) is 0 Å². The molecule has 2 aliphatic heterocycles. The summed E-state index contributed by atoms with van der Waals surface area (Å²) in [5.74, 6) is -0.543. The van der Waals surface area contributed by atoms with Gasteiger partial charge in [0, 0.05) is 36.3 Å². The molecule has 1 N–H and O–H groups in total. The molecule has 2 aliphatic rings. The maximum atomic E-state index is 13.4. The maximum Gasteiger partial charge on any atom is 0.258 e. The molecule has 1 aromatic carbocycles. The molecule has 1 aromatic heterocycles. The van der Waals surface area contributed by atoms with E-state index in [9.17, 15) is 13.6 Å². The molecule has 2 atom stereocenters. The van der Waals surface area contributed by atoms with Crippen LogP contribution in [0, 0.1) is 17.6 Å². The molecule has 3 heterocycles. The summed E-state index contributed by atoms with van der Waals surface area (Å²) in [7, 11) is 0. The molecule has 3 nitrogen and oxygen atoms in total. The average Bonchev–Trinajstić information content (AvgIpc) is 2.48. The fourth-order valence-electron chi connectivity index (χ4n) is 3.72. The van der Waals surface area contributed by atoms with Crippen molar-refractivity contribution >= 4 is 0 Å². The summed E-state index contributed by atoms with van der Waals surface area (Å²) in [6.07, 6.45) is 1.10. The number of rotatable bonds is 1. The molecular formula is C17H16F2N2O. The summed E-state index contributed by atoms with van der Waals surface area (Å²) in [6.45, 7) is 2.47. The number of benzene rings is 1. The van der Waals surface area contributed by atoms with Gasteiger partial charge in [0.25, 0.3) is 5.56 Å². The molecule has 2 aromatic rings. The zero-order valence-corrected chi connectivity index (χ0v) is 12.0. The Balaban J connectivity index is 1.86. The highest BCUT2D eigenvalue weighted by molar-refractivity contribution is 5.62. The van der Waals surface area contributed by atoms with Crippen molar-refractivity contribution in [3.63, 3.8) is 0 Å². The number of pyridine rings is 1. The van der Waals surface area contributed by atoms with Crippen molar-refractivity contribution in [3.8, 4) is 11.1 Å². The van der Waals surface area contributed by atoms with Crippen LogP contribution in [0.2, 0.25) is 0 Å². The van der Waals surface area contributed by atoms with Gasteiger partial charge in [0.05, 0.1) is 0 Å². The monoisotopic (exact) mass is 302 g/mol. The highest BCUT2D eigenvalue weighted by Crippen LogP contribution is 2.32. The second kappa shape index (κ2) is 5.02. The summed E-state index contributed by atoms with van der Waals surface area (Å²) in [5.41, 5.74) is 1.52. The molecule has 5 heteroatoms. The zero-order valence-electron chi connectivity index (χ0n) is 12.0. The van der Waals surface area contributed by atoms with E-state index in [1.165, 1.54) is 12.1 Å². The molecule has 114 valence electrons. The molecule has 0 aliphatic carbocycles. The van der Waals surface area contributed by atoms with E-state index in [4.69, 9.17) is 0 Å². The number of piperidine rings is 1. The molecule has 2 unspecified atom stereocenters. The Kier molecular flexibility index (Phi) is 3.11. The highest BCUT2D eigenvalue weighted by atomic mass is 19.1. The van der Waals surface area contributed by atoms with Gasteiger partial charge in [0.15, 0.2) is 0 Å². The fourth-order valence-corrected chi connectivity index (χ4v) is 3.72. The standard InChI is InChI=1S/C17H16F2N2O/c18-13-4-11(5-14(19)6-13)15-1-2-16-12-3-10(7-20-8-12)9-21(16)17(15)22/h1-2,4-6,10,12,20H,3,7-9H2. The minimum absolute atomic E-state index is 0.154. The van der Waals surface area contributed by atoms with E-state index in [2.05, 4.69) is 5.32 Å². The Bertz CT molecular complexity index is 779. The largest absolute Gasteiger partial charge is 0.316 e. The van der Waals surface area contributed by atoms with Gasteiger partial charge in [0.1, 0.15) is 11.6 Å². The molecule has 2 bridgehead atoms. The van der Waals surface area contributed by atoms with E-state index >= 15 is 0 Å². The minimum Gasteiger partial charge on any atom is -0.316 e.